The van der Waals surface area contributed by atoms with Crippen LogP contribution in [0.15, 0.2) is 12.2 Å². The molecule has 19 heteroatoms. The molecular weight excluding hydrogens is 881 g/mol. The van der Waals surface area contributed by atoms with E-state index >= 15 is 0 Å². The number of rotatable bonds is 8. The lowest BCUT2D eigenvalue weighted by atomic mass is 9.33. The Labute approximate surface area is 391 Å². The number of carboxylic acid groups (broad SMARTS) is 1. The maximum absolute atomic E-state index is 14.7. The van der Waals surface area contributed by atoms with Gasteiger partial charge in [-0.25, -0.2) is 4.79 Å². The number of carbonyl (C=O) groups excluding carboxylic acids is 1. The maximum atomic E-state index is 14.7. The molecule has 19 nitrogen and oxygen atoms in total. The molecule has 7 fully saturated rings. The van der Waals surface area contributed by atoms with Crippen LogP contribution in [-0.4, -0.2) is 173 Å². The Morgan fingerprint density at radius 2 is 1.33 bits per heavy atom. The molecule has 0 amide bonds. The van der Waals surface area contributed by atoms with Gasteiger partial charge < -0.3 is 84.6 Å². The Bertz CT molecular complexity index is 1900. The number of aliphatic hydroxyl groups excluding tert-OH is 9. The summed E-state index contributed by atoms with van der Waals surface area (Å²) in [7, 11) is 0. The fourth-order valence-corrected chi connectivity index (χ4v) is 15.1. The number of fused-ring (bicyclic) bond motifs is 7. The quantitative estimate of drug-likeness (QED) is 0.0681. The molecular formula is C48H76O19. The summed E-state index contributed by atoms with van der Waals surface area (Å²) in [4.78, 5) is 27.3. The van der Waals surface area contributed by atoms with Crippen LogP contribution in [0.25, 0.3) is 0 Å². The molecule has 4 saturated carbocycles. The molecule has 0 aromatic rings. The number of carboxylic acids is 1. The number of ether oxygens (including phenoxy) is 6. The molecule has 3 heterocycles. The predicted octanol–water partition coefficient (Wildman–Crippen LogP) is 0.436. The van der Waals surface area contributed by atoms with Crippen LogP contribution in [0.1, 0.15) is 113 Å². The summed E-state index contributed by atoms with van der Waals surface area (Å²) in [5, 5.41) is 117. The SMILES string of the molecule is C[C@@H]1O[C@H](O[C@@]2(O)[C@@H](C(=O)O)O[C@@H](O[C@@H]3CC[C@]4(C)[C@H](CC[C@]5(C)[C@@H]4C=C[C@H]4[C@H]6CC(C)(C)CC[C@]6(C(=O)O[C@@H]6O[C@H](CO)[C@@H](O)[C@@H](O)[C@H]6O)CC[C@]45C)C3(C)C)[C@H](O)[C@H]2O)[C@H](O)[C@H](O)[C@H]1O. The first kappa shape index (κ1) is 51.4. The van der Waals surface area contributed by atoms with Gasteiger partial charge in [0.2, 0.25) is 18.2 Å². The highest BCUT2D eigenvalue weighted by atomic mass is 16.8. The normalized spacial score (nSPS) is 54.7. The van der Waals surface area contributed by atoms with Gasteiger partial charge in [-0.2, -0.15) is 0 Å². The Morgan fingerprint density at radius 3 is 1.99 bits per heavy atom. The van der Waals surface area contributed by atoms with Crippen molar-refractivity contribution in [1.82, 2.24) is 0 Å². The van der Waals surface area contributed by atoms with Gasteiger partial charge in [0, 0.05) is 0 Å². The predicted molar refractivity (Wildman–Crippen MR) is 230 cm³/mol. The van der Waals surface area contributed by atoms with Gasteiger partial charge in [-0.15, -0.1) is 0 Å². The van der Waals surface area contributed by atoms with Crippen LogP contribution in [0.4, 0.5) is 0 Å². The number of hydrogen-bond acceptors (Lipinski definition) is 18. The van der Waals surface area contributed by atoms with Gasteiger partial charge in [0.25, 0.3) is 0 Å². The molecule has 0 aromatic heterocycles. The van der Waals surface area contributed by atoms with Crippen molar-refractivity contribution in [2.24, 2.45) is 56.2 Å². The number of hydrogen-bond donors (Lipinski definition) is 11. The van der Waals surface area contributed by atoms with Crippen LogP contribution in [0.5, 0.6) is 0 Å². The second-order valence-electron chi connectivity index (χ2n) is 23.7. The van der Waals surface area contributed by atoms with Crippen molar-refractivity contribution < 1.29 is 94.2 Å². The first-order valence-corrected chi connectivity index (χ1v) is 24.2. The lowest BCUT2D eigenvalue weighted by molar-refractivity contribution is -0.436. The van der Waals surface area contributed by atoms with Crippen LogP contribution in [0.3, 0.4) is 0 Å². The molecule has 382 valence electrons. The summed E-state index contributed by atoms with van der Waals surface area (Å²) in [5.41, 5.74) is -2.30. The van der Waals surface area contributed by atoms with Crippen LogP contribution >= 0.6 is 0 Å². The smallest absolute Gasteiger partial charge is 0.338 e. The van der Waals surface area contributed by atoms with E-state index in [1.165, 1.54) is 6.92 Å². The average Bonchev–Trinajstić information content (AvgIpc) is 3.25. The molecule has 5 aliphatic carbocycles. The van der Waals surface area contributed by atoms with Crippen molar-refractivity contribution in [2.45, 2.75) is 211 Å². The van der Waals surface area contributed by atoms with Crippen molar-refractivity contribution in [3.05, 3.63) is 12.2 Å². The van der Waals surface area contributed by atoms with Gasteiger partial charge >= 0.3 is 11.9 Å². The first-order chi connectivity index (χ1) is 31.0. The first-order valence-electron chi connectivity index (χ1n) is 24.2. The summed E-state index contributed by atoms with van der Waals surface area (Å²) in [6.45, 7) is 16.4. The lowest BCUT2D eigenvalue weighted by Gasteiger charge is -2.72. The average molecular weight is 957 g/mol. The van der Waals surface area contributed by atoms with Crippen LogP contribution in [0, 0.1) is 56.2 Å². The largest absolute Gasteiger partial charge is 0.479 e. The van der Waals surface area contributed by atoms with Crippen molar-refractivity contribution in [3.8, 4) is 0 Å². The van der Waals surface area contributed by atoms with E-state index in [9.17, 15) is 65.8 Å². The fraction of sp³-hybridized carbons (Fsp3) is 0.917. The lowest BCUT2D eigenvalue weighted by Crippen LogP contribution is -2.72. The van der Waals surface area contributed by atoms with Crippen molar-refractivity contribution in [3.63, 3.8) is 0 Å². The van der Waals surface area contributed by atoms with Gasteiger partial charge in [0.05, 0.1) is 24.2 Å². The Hall–Kier alpha value is -1.92. The summed E-state index contributed by atoms with van der Waals surface area (Å²) in [6, 6.07) is 0. The molecule has 0 radical (unpaired) electrons. The minimum atomic E-state index is -3.19. The Kier molecular flexibility index (Phi) is 13.4. The molecule has 0 bridgehead atoms. The minimum Gasteiger partial charge on any atom is -0.479 e. The van der Waals surface area contributed by atoms with E-state index in [0.717, 1.165) is 32.1 Å². The van der Waals surface area contributed by atoms with E-state index in [2.05, 4.69) is 60.6 Å². The van der Waals surface area contributed by atoms with E-state index < -0.39 is 127 Å². The van der Waals surface area contributed by atoms with Crippen LogP contribution in [-0.2, 0) is 38.0 Å². The summed E-state index contributed by atoms with van der Waals surface area (Å²) in [5.74, 6) is -5.44. The highest BCUT2D eigenvalue weighted by Gasteiger charge is 2.71. The molecule has 0 spiro atoms. The topological polar surface area (TPSA) is 312 Å². The van der Waals surface area contributed by atoms with Crippen molar-refractivity contribution in [2.75, 3.05) is 6.61 Å². The zero-order valence-corrected chi connectivity index (χ0v) is 39.9. The number of esters is 1. The highest BCUT2D eigenvalue weighted by Crippen LogP contribution is 2.76. The van der Waals surface area contributed by atoms with E-state index in [1.807, 2.05) is 0 Å². The van der Waals surface area contributed by atoms with Gasteiger partial charge in [0.1, 0.15) is 54.9 Å². The van der Waals surface area contributed by atoms with Gasteiger partial charge in [0.15, 0.2) is 12.6 Å². The molecule has 3 saturated heterocycles. The molecule has 24 atom stereocenters. The summed E-state index contributed by atoms with van der Waals surface area (Å²) < 4.78 is 34.7. The molecule has 8 rings (SSSR count). The third kappa shape index (κ3) is 7.79. The highest BCUT2D eigenvalue weighted by molar-refractivity contribution is 5.78. The molecule has 3 aliphatic heterocycles. The zero-order chi connectivity index (χ0) is 49.4. The van der Waals surface area contributed by atoms with Crippen LogP contribution < -0.4 is 0 Å². The second-order valence-corrected chi connectivity index (χ2v) is 23.7. The Balaban J connectivity index is 1.02. The number of aliphatic carboxylic acids is 1. The van der Waals surface area contributed by atoms with Gasteiger partial charge in [-0.3, -0.25) is 4.79 Å². The monoisotopic (exact) mass is 956 g/mol. The van der Waals surface area contributed by atoms with Crippen LogP contribution in [0.2, 0.25) is 0 Å². The van der Waals surface area contributed by atoms with E-state index in [1.54, 1.807) is 0 Å². The van der Waals surface area contributed by atoms with E-state index in [0.29, 0.717) is 25.7 Å². The second kappa shape index (κ2) is 17.4. The number of aliphatic hydroxyl groups is 10. The standard InChI is InChI=1S/C48H76O19/c1-21-28(50)30(52)33(55)40(62-21)67-48(61)35(57)34(56)39(65-36(48)37(58)59)64-27-12-13-44(6)25(43(27,4)5)11-14-46(8)26(44)10-9-22-23-19-42(2,3)15-17-47(23,18-16-45(22,46)7)41(60)66-38-32(54)31(53)29(51)24(20-49)63-38/h9-10,21-36,38-40,49-57,61H,11-20H2,1-8H3,(H,58,59)/t21-,22-,23+,24+,25+,26+,27+,28-,29+,30+,31+,32+,33+,34+,35+,36+,38-,39+,40+,44+,45+,46+,47-,48+/m0/s1. The maximum Gasteiger partial charge on any atom is 0.338 e. The third-order valence-electron chi connectivity index (χ3n) is 19.4. The van der Waals surface area contributed by atoms with Crippen molar-refractivity contribution >= 4 is 11.9 Å². The molecule has 0 aromatic carbocycles. The van der Waals surface area contributed by atoms with Crippen molar-refractivity contribution in [1.29, 1.82) is 0 Å². The molecule has 11 N–H and O–H groups in total. The van der Waals surface area contributed by atoms with Gasteiger partial charge in [-0.05, 0) is 115 Å². The molecule has 0 unspecified atom stereocenters. The number of carbonyl (C=O) groups is 2. The Morgan fingerprint density at radius 1 is 0.687 bits per heavy atom. The fourth-order valence-electron chi connectivity index (χ4n) is 15.1. The molecule has 67 heavy (non-hydrogen) atoms. The zero-order valence-electron chi connectivity index (χ0n) is 39.9. The molecule has 8 aliphatic rings. The summed E-state index contributed by atoms with van der Waals surface area (Å²) >= 11 is 0. The van der Waals surface area contributed by atoms with E-state index in [-0.39, 0.29) is 45.3 Å². The van der Waals surface area contributed by atoms with Gasteiger partial charge in [-0.1, -0.05) is 60.6 Å². The minimum absolute atomic E-state index is 0.00794. The van der Waals surface area contributed by atoms with E-state index in [4.69, 9.17) is 28.4 Å². The number of allylic oxidation sites excluding steroid dienone is 2. The summed E-state index contributed by atoms with van der Waals surface area (Å²) in [6.07, 6.45) is -14.3. The third-order valence-corrected chi connectivity index (χ3v) is 19.4.